The SMILES string of the molecule is CC(C)(C)OC(=O)N1CCC(C(=N)CO)CC1.Cc1nc(C2CCN(C(=O)OC(C)(C)C)CC2)no1. The summed E-state index contributed by atoms with van der Waals surface area (Å²) in [5, 5.41) is 20.4. The number of ether oxygens (including phenoxy) is 2. The van der Waals surface area contributed by atoms with Crippen LogP contribution >= 0.6 is 0 Å². The van der Waals surface area contributed by atoms with Crippen molar-refractivity contribution in [3.8, 4) is 0 Å². The lowest BCUT2D eigenvalue weighted by Gasteiger charge is -2.33. The minimum atomic E-state index is -0.467. The lowest BCUT2D eigenvalue weighted by Crippen LogP contribution is -2.43. The summed E-state index contributed by atoms with van der Waals surface area (Å²) in [5.41, 5.74) is -0.543. The van der Waals surface area contributed by atoms with Crippen molar-refractivity contribution in [3.63, 3.8) is 0 Å². The summed E-state index contributed by atoms with van der Waals surface area (Å²) in [6.07, 6.45) is 2.63. The van der Waals surface area contributed by atoms with Gasteiger partial charge in [0, 0.05) is 50.7 Å². The lowest BCUT2D eigenvalue weighted by atomic mass is 9.92. The Labute approximate surface area is 214 Å². The zero-order chi connectivity index (χ0) is 27.1. The number of amides is 2. The highest BCUT2D eigenvalue weighted by atomic mass is 16.6. The maximum Gasteiger partial charge on any atom is 0.410 e. The highest BCUT2D eigenvalue weighted by Crippen LogP contribution is 2.26. The number of hydrogen-bond acceptors (Lipinski definition) is 9. The molecule has 1 aromatic rings. The fourth-order valence-corrected chi connectivity index (χ4v) is 3.99. The quantitative estimate of drug-likeness (QED) is 0.579. The van der Waals surface area contributed by atoms with Crippen LogP contribution in [0.3, 0.4) is 0 Å². The molecule has 0 aromatic carbocycles. The van der Waals surface area contributed by atoms with Gasteiger partial charge in [0.2, 0.25) is 5.89 Å². The molecule has 2 amide bonds. The van der Waals surface area contributed by atoms with E-state index in [0.717, 1.165) is 31.5 Å². The second-order valence-electron chi connectivity index (χ2n) is 11.3. The lowest BCUT2D eigenvalue weighted by molar-refractivity contribution is 0.0191. The van der Waals surface area contributed by atoms with Gasteiger partial charge in [-0.25, -0.2) is 9.59 Å². The van der Waals surface area contributed by atoms with Crippen LogP contribution in [0.25, 0.3) is 0 Å². The standard InChI is InChI=1S/C13H21N3O3.C12H22N2O3/c1-9-14-11(15-19-9)10-5-7-16(8-6-10)12(17)18-13(2,3)4;1-12(2,3)17-11(16)14-6-4-9(5-7-14)10(13)8-15/h10H,5-8H2,1-4H3;9,13,15H,4-8H2,1-3H3. The molecule has 2 N–H and O–H groups in total. The number of aromatic nitrogens is 2. The summed E-state index contributed by atoms with van der Waals surface area (Å²) in [4.78, 5) is 31.3. The molecule has 0 unspecified atom stereocenters. The molecule has 2 aliphatic heterocycles. The summed E-state index contributed by atoms with van der Waals surface area (Å²) >= 11 is 0. The van der Waals surface area contributed by atoms with Crippen molar-refractivity contribution in [1.29, 1.82) is 5.41 Å². The zero-order valence-electron chi connectivity index (χ0n) is 22.8. The third kappa shape index (κ3) is 9.75. The van der Waals surface area contributed by atoms with Gasteiger partial charge >= 0.3 is 12.2 Å². The maximum atomic E-state index is 11.9. The molecule has 3 heterocycles. The Balaban J connectivity index is 0.000000255. The topological polar surface area (TPSA) is 142 Å². The molecule has 36 heavy (non-hydrogen) atoms. The van der Waals surface area contributed by atoms with Gasteiger partial charge in [0.05, 0.1) is 6.61 Å². The van der Waals surface area contributed by atoms with Crippen LogP contribution in [-0.2, 0) is 9.47 Å². The number of aliphatic hydroxyl groups excluding tert-OH is 1. The van der Waals surface area contributed by atoms with Crippen molar-refractivity contribution < 1.29 is 28.7 Å². The normalized spacial score (nSPS) is 17.8. The van der Waals surface area contributed by atoms with Gasteiger partial charge in [0.25, 0.3) is 0 Å². The second kappa shape index (κ2) is 12.5. The summed E-state index contributed by atoms with van der Waals surface area (Å²) < 4.78 is 15.6. The number of aryl methyl sites for hydroxylation is 1. The second-order valence-corrected chi connectivity index (χ2v) is 11.3. The molecule has 0 bridgehead atoms. The van der Waals surface area contributed by atoms with E-state index in [4.69, 9.17) is 24.5 Å². The summed E-state index contributed by atoms with van der Waals surface area (Å²) in [6.45, 7) is 15.3. The van der Waals surface area contributed by atoms with Gasteiger partial charge in [-0.15, -0.1) is 0 Å². The number of piperidine rings is 2. The Bertz CT molecular complexity index is 872. The Morgan fingerprint density at radius 3 is 1.75 bits per heavy atom. The Hall–Kier alpha value is -2.69. The molecule has 11 heteroatoms. The van der Waals surface area contributed by atoms with Crippen LogP contribution in [0, 0.1) is 18.3 Å². The maximum absolute atomic E-state index is 11.9. The largest absolute Gasteiger partial charge is 0.444 e. The first-order chi connectivity index (χ1) is 16.7. The van der Waals surface area contributed by atoms with Gasteiger partial charge in [0.15, 0.2) is 5.82 Å². The number of rotatable bonds is 3. The first-order valence-electron chi connectivity index (χ1n) is 12.6. The summed E-state index contributed by atoms with van der Waals surface area (Å²) in [5.74, 6) is 1.72. The molecule has 0 spiro atoms. The van der Waals surface area contributed by atoms with Crippen LogP contribution in [0.1, 0.15) is 84.9 Å². The van der Waals surface area contributed by atoms with E-state index < -0.39 is 11.2 Å². The first-order valence-corrected chi connectivity index (χ1v) is 12.6. The van der Waals surface area contributed by atoms with Gasteiger partial charge in [-0.2, -0.15) is 4.98 Å². The molecule has 204 valence electrons. The monoisotopic (exact) mass is 509 g/mol. The summed E-state index contributed by atoms with van der Waals surface area (Å²) in [6, 6.07) is 0. The van der Waals surface area contributed by atoms with E-state index in [2.05, 4.69) is 10.1 Å². The van der Waals surface area contributed by atoms with Gasteiger partial charge in [-0.05, 0) is 67.2 Å². The van der Waals surface area contributed by atoms with Crippen molar-refractivity contribution in [2.24, 2.45) is 5.92 Å². The van der Waals surface area contributed by atoms with Crippen LogP contribution in [0.2, 0.25) is 0 Å². The Morgan fingerprint density at radius 1 is 0.944 bits per heavy atom. The smallest absolute Gasteiger partial charge is 0.410 e. The molecule has 1 aromatic heterocycles. The van der Waals surface area contributed by atoms with Crippen molar-refractivity contribution in [2.75, 3.05) is 32.8 Å². The number of carbonyl (C=O) groups excluding carboxylic acids is 2. The number of carbonyl (C=O) groups is 2. The molecular formula is C25H43N5O6. The van der Waals surface area contributed by atoms with Gasteiger partial charge < -0.3 is 34.3 Å². The van der Waals surface area contributed by atoms with E-state index in [1.165, 1.54) is 0 Å². The molecule has 0 radical (unpaired) electrons. The minimum Gasteiger partial charge on any atom is -0.444 e. The zero-order valence-corrected chi connectivity index (χ0v) is 22.8. The molecule has 0 aliphatic carbocycles. The number of hydrogen-bond donors (Lipinski definition) is 2. The molecule has 2 saturated heterocycles. The Kier molecular flexibility index (Phi) is 10.3. The van der Waals surface area contributed by atoms with Crippen molar-refractivity contribution >= 4 is 17.9 Å². The highest BCUT2D eigenvalue weighted by molar-refractivity contribution is 5.85. The summed E-state index contributed by atoms with van der Waals surface area (Å²) in [7, 11) is 0. The molecule has 2 aliphatic rings. The fourth-order valence-electron chi connectivity index (χ4n) is 3.99. The molecule has 0 atom stereocenters. The van der Waals surface area contributed by atoms with E-state index in [-0.39, 0.29) is 30.6 Å². The number of nitrogens with one attached hydrogen (secondary N) is 1. The Morgan fingerprint density at radius 2 is 1.39 bits per heavy atom. The average Bonchev–Trinajstić information content (AvgIpc) is 3.23. The minimum absolute atomic E-state index is 0.110. The third-order valence-electron chi connectivity index (χ3n) is 5.86. The van der Waals surface area contributed by atoms with Gasteiger partial charge in [-0.3, -0.25) is 0 Å². The van der Waals surface area contributed by atoms with Crippen LogP contribution in [0.15, 0.2) is 4.52 Å². The van der Waals surface area contributed by atoms with Crippen molar-refractivity contribution in [1.82, 2.24) is 19.9 Å². The van der Waals surface area contributed by atoms with E-state index >= 15 is 0 Å². The molecule has 3 rings (SSSR count). The molecule has 11 nitrogen and oxygen atoms in total. The number of likely N-dealkylation sites (tertiary alicyclic amines) is 2. The molecule has 0 saturated carbocycles. The van der Waals surface area contributed by atoms with E-state index in [9.17, 15) is 9.59 Å². The van der Waals surface area contributed by atoms with Crippen molar-refractivity contribution in [2.45, 2.75) is 91.3 Å². The van der Waals surface area contributed by atoms with Crippen LogP contribution < -0.4 is 0 Å². The van der Waals surface area contributed by atoms with E-state index in [1.807, 2.05) is 41.5 Å². The van der Waals surface area contributed by atoms with E-state index in [1.54, 1.807) is 16.7 Å². The fraction of sp³-hybridized carbons (Fsp3) is 0.800. The average molecular weight is 510 g/mol. The van der Waals surface area contributed by atoms with E-state index in [0.29, 0.717) is 37.8 Å². The number of aliphatic hydroxyl groups is 1. The highest BCUT2D eigenvalue weighted by Gasteiger charge is 2.30. The predicted molar refractivity (Wildman–Crippen MR) is 134 cm³/mol. The van der Waals surface area contributed by atoms with Crippen molar-refractivity contribution in [3.05, 3.63) is 11.7 Å². The van der Waals surface area contributed by atoms with Crippen LogP contribution in [0.5, 0.6) is 0 Å². The molecule has 2 fully saturated rings. The van der Waals surface area contributed by atoms with Gasteiger partial charge in [-0.1, -0.05) is 5.16 Å². The van der Waals surface area contributed by atoms with Crippen LogP contribution in [0.4, 0.5) is 9.59 Å². The third-order valence-corrected chi connectivity index (χ3v) is 5.86. The van der Waals surface area contributed by atoms with Gasteiger partial charge in [0.1, 0.15) is 11.2 Å². The number of nitrogens with zero attached hydrogens (tertiary/aromatic N) is 4. The molecular weight excluding hydrogens is 466 g/mol. The first kappa shape index (κ1) is 29.5. The predicted octanol–water partition coefficient (Wildman–Crippen LogP) is 4.14. The van der Waals surface area contributed by atoms with Crippen LogP contribution in [-0.4, -0.2) is 86.9 Å².